The topological polar surface area (TPSA) is 65.7 Å². The zero-order chi connectivity index (χ0) is 16.7. The molecule has 23 heavy (non-hydrogen) atoms. The Morgan fingerprint density at radius 2 is 1.91 bits per heavy atom. The fourth-order valence-corrected chi connectivity index (χ4v) is 3.30. The maximum Gasteiger partial charge on any atom is 0.277 e. The Morgan fingerprint density at radius 3 is 2.48 bits per heavy atom. The summed E-state index contributed by atoms with van der Waals surface area (Å²) in [5, 5.41) is 8.12. The van der Waals surface area contributed by atoms with E-state index in [0.29, 0.717) is 16.9 Å². The van der Waals surface area contributed by atoms with Crippen LogP contribution in [0.1, 0.15) is 19.7 Å². The molecule has 0 saturated carbocycles. The number of carbonyl (C=O) groups is 1. The number of piperazine rings is 1. The number of likely N-dealkylation sites (N-methyl/N-ethyl adjacent to an activating group) is 1. The van der Waals surface area contributed by atoms with Gasteiger partial charge in [0.2, 0.25) is 11.8 Å². The van der Waals surface area contributed by atoms with Crippen LogP contribution in [0.3, 0.4) is 0 Å². The van der Waals surface area contributed by atoms with Crippen LogP contribution in [-0.4, -0.2) is 88.9 Å². The number of hydrogen-bond acceptors (Lipinski definition) is 7. The predicted molar refractivity (Wildman–Crippen MR) is 90.6 cm³/mol. The summed E-state index contributed by atoms with van der Waals surface area (Å²) in [5.74, 6) is 1.04. The van der Waals surface area contributed by atoms with Crippen molar-refractivity contribution in [2.45, 2.75) is 26.0 Å². The second-order valence-corrected chi connectivity index (χ2v) is 6.55. The fourth-order valence-electron chi connectivity index (χ4n) is 2.60. The van der Waals surface area contributed by atoms with Crippen molar-refractivity contribution >= 4 is 17.7 Å². The summed E-state index contributed by atoms with van der Waals surface area (Å²) < 4.78 is 5.27. The Labute approximate surface area is 142 Å². The number of aryl methyl sites for hydroxylation is 1. The maximum absolute atomic E-state index is 12.2. The summed E-state index contributed by atoms with van der Waals surface area (Å²) in [4.78, 5) is 19.0. The average Bonchev–Trinajstić information content (AvgIpc) is 2.99. The molecule has 0 radical (unpaired) electrons. The highest BCUT2D eigenvalue weighted by Crippen LogP contribution is 2.16. The summed E-state index contributed by atoms with van der Waals surface area (Å²) >= 11 is 1.31. The highest BCUT2D eigenvalue weighted by Gasteiger charge is 2.21. The second kappa shape index (κ2) is 9.24. The van der Waals surface area contributed by atoms with Gasteiger partial charge in [0, 0.05) is 46.2 Å². The number of carbonyl (C=O) groups excluding carboxylic acids is 1. The number of aromatic nitrogens is 2. The van der Waals surface area contributed by atoms with Crippen molar-refractivity contribution < 1.29 is 9.21 Å². The highest BCUT2D eigenvalue weighted by molar-refractivity contribution is 7.99. The summed E-state index contributed by atoms with van der Waals surface area (Å²) in [6.07, 6.45) is 0. The Hall–Kier alpha value is -1.12. The molecule has 1 saturated heterocycles. The van der Waals surface area contributed by atoms with Crippen LogP contribution in [0.15, 0.2) is 9.64 Å². The first kappa shape index (κ1) is 18.2. The molecule has 1 amide bonds. The van der Waals surface area contributed by atoms with Crippen molar-refractivity contribution in [1.29, 1.82) is 0 Å². The lowest BCUT2D eigenvalue weighted by atomic mass is 10.3. The van der Waals surface area contributed by atoms with E-state index >= 15 is 0 Å². The van der Waals surface area contributed by atoms with Crippen LogP contribution in [0.5, 0.6) is 0 Å². The summed E-state index contributed by atoms with van der Waals surface area (Å²) in [6.45, 7) is 14.0. The van der Waals surface area contributed by atoms with E-state index in [1.165, 1.54) is 11.8 Å². The molecule has 7 nitrogen and oxygen atoms in total. The van der Waals surface area contributed by atoms with Gasteiger partial charge in [0.1, 0.15) is 0 Å². The fraction of sp³-hybridized carbons (Fsp3) is 0.800. The van der Waals surface area contributed by atoms with Crippen LogP contribution in [-0.2, 0) is 4.79 Å². The minimum absolute atomic E-state index is 0.147. The zero-order valence-electron chi connectivity index (χ0n) is 14.3. The van der Waals surface area contributed by atoms with E-state index < -0.39 is 0 Å². The van der Waals surface area contributed by atoms with Crippen LogP contribution >= 0.6 is 11.8 Å². The van der Waals surface area contributed by atoms with Gasteiger partial charge in [0.25, 0.3) is 5.22 Å². The third-order valence-electron chi connectivity index (χ3n) is 4.18. The van der Waals surface area contributed by atoms with Crippen LogP contribution in [0, 0.1) is 6.92 Å². The molecule has 0 unspecified atom stereocenters. The van der Waals surface area contributed by atoms with Crippen LogP contribution < -0.4 is 0 Å². The summed E-state index contributed by atoms with van der Waals surface area (Å²) in [7, 11) is 0. The third kappa shape index (κ3) is 5.78. The van der Waals surface area contributed by atoms with Gasteiger partial charge in [-0.2, -0.15) is 0 Å². The molecule has 0 atom stereocenters. The maximum atomic E-state index is 12.2. The molecular weight excluding hydrogens is 314 g/mol. The lowest BCUT2D eigenvalue weighted by Gasteiger charge is -2.35. The third-order valence-corrected chi connectivity index (χ3v) is 4.98. The minimum atomic E-state index is 0.147. The van der Waals surface area contributed by atoms with E-state index in [2.05, 4.69) is 33.8 Å². The van der Waals surface area contributed by atoms with Crippen LogP contribution in [0.4, 0.5) is 0 Å². The van der Waals surface area contributed by atoms with Gasteiger partial charge in [-0.25, -0.2) is 0 Å². The molecule has 130 valence electrons. The highest BCUT2D eigenvalue weighted by atomic mass is 32.2. The van der Waals surface area contributed by atoms with Gasteiger partial charge in [-0.05, 0) is 13.1 Å². The number of thioether (sulfide) groups is 1. The van der Waals surface area contributed by atoms with E-state index in [-0.39, 0.29) is 5.91 Å². The van der Waals surface area contributed by atoms with E-state index in [0.717, 1.165) is 52.4 Å². The standard InChI is InChI=1S/C15H27N5O2S/c1-4-18(5-2)6-7-19-8-10-20(11-9-19)14(21)12-23-15-17-16-13(3)22-15/h4-12H2,1-3H3. The van der Waals surface area contributed by atoms with Gasteiger partial charge < -0.3 is 14.2 Å². The molecule has 0 aromatic carbocycles. The SMILES string of the molecule is CCN(CC)CCN1CCN(C(=O)CSc2nnc(C)o2)CC1. The molecule has 2 heterocycles. The molecule has 1 fully saturated rings. The molecule has 0 N–H and O–H groups in total. The molecule has 8 heteroatoms. The van der Waals surface area contributed by atoms with Gasteiger partial charge in [-0.3, -0.25) is 9.69 Å². The van der Waals surface area contributed by atoms with E-state index in [9.17, 15) is 4.79 Å². The van der Waals surface area contributed by atoms with Crippen molar-refractivity contribution in [3.05, 3.63) is 5.89 Å². The molecule has 0 bridgehead atoms. The lowest BCUT2D eigenvalue weighted by molar-refractivity contribution is -0.130. The Kier molecular flexibility index (Phi) is 7.32. The Morgan fingerprint density at radius 1 is 1.22 bits per heavy atom. The molecule has 2 rings (SSSR count). The first-order valence-corrected chi connectivity index (χ1v) is 9.26. The molecule has 1 aromatic rings. The quantitative estimate of drug-likeness (QED) is 0.652. The number of nitrogens with zero attached hydrogens (tertiary/aromatic N) is 5. The Bertz CT molecular complexity index is 484. The second-order valence-electron chi connectivity index (χ2n) is 5.62. The van der Waals surface area contributed by atoms with Crippen LogP contribution in [0.2, 0.25) is 0 Å². The van der Waals surface area contributed by atoms with Crippen molar-refractivity contribution in [2.75, 3.05) is 58.1 Å². The van der Waals surface area contributed by atoms with E-state index in [4.69, 9.17) is 4.42 Å². The van der Waals surface area contributed by atoms with Crippen molar-refractivity contribution in [3.63, 3.8) is 0 Å². The number of hydrogen-bond donors (Lipinski definition) is 0. The van der Waals surface area contributed by atoms with Crippen molar-refractivity contribution in [2.24, 2.45) is 0 Å². The normalized spacial score (nSPS) is 16.3. The molecule has 1 aliphatic rings. The van der Waals surface area contributed by atoms with Gasteiger partial charge >= 0.3 is 0 Å². The summed E-state index contributed by atoms with van der Waals surface area (Å²) in [5.41, 5.74) is 0. The van der Waals surface area contributed by atoms with E-state index in [1.807, 2.05) is 4.90 Å². The minimum Gasteiger partial charge on any atom is -0.416 e. The lowest BCUT2D eigenvalue weighted by Crippen LogP contribution is -2.50. The van der Waals surface area contributed by atoms with Gasteiger partial charge in [-0.15, -0.1) is 10.2 Å². The molecular formula is C15H27N5O2S. The monoisotopic (exact) mass is 341 g/mol. The smallest absolute Gasteiger partial charge is 0.277 e. The average molecular weight is 341 g/mol. The van der Waals surface area contributed by atoms with Crippen LogP contribution in [0.25, 0.3) is 0 Å². The predicted octanol–water partition coefficient (Wildman–Crippen LogP) is 0.956. The largest absolute Gasteiger partial charge is 0.416 e. The number of amides is 1. The van der Waals surface area contributed by atoms with Gasteiger partial charge in [0.15, 0.2) is 0 Å². The molecule has 1 aromatic heterocycles. The first-order valence-electron chi connectivity index (χ1n) is 8.27. The first-order chi connectivity index (χ1) is 11.1. The van der Waals surface area contributed by atoms with Gasteiger partial charge in [0.05, 0.1) is 5.75 Å². The number of rotatable bonds is 8. The van der Waals surface area contributed by atoms with E-state index in [1.54, 1.807) is 6.92 Å². The molecule has 0 spiro atoms. The van der Waals surface area contributed by atoms with Crippen molar-refractivity contribution in [1.82, 2.24) is 24.9 Å². The molecule has 1 aliphatic heterocycles. The molecule has 0 aliphatic carbocycles. The Balaban J connectivity index is 1.66. The zero-order valence-corrected chi connectivity index (χ0v) is 15.1. The van der Waals surface area contributed by atoms with Crippen molar-refractivity contribution in [3.8, 4) is 0 Å². The van der Waals surface area contributed by atoms with Gasteiger partial charge in [-0.1, -0.05) is 25.6 Å². The summed E-state index contributed by atoms with van der Waals surface area (Å²) in [6, 6.07) is 0.